The summed E-state index contributed by atoms with van der Waals surface area (Å²) in [7, 11) is -4.89. The molecule has 144 valence electrons. The van der Waals surface area contributed by atoms with Crippen molar-refractivity contribution in [2.75, 3.05) is 26.2 Å². The van der Waals surface area contributed by atoms with Crippen molar-refractivity contribution in [1.29, 1.82) is 0 Å². The third kappa shape index (κ3) is 26.4. The van der Waals surface area contributed by atoms with Crippen molar-refractivity contribution in [1.82, 2.24) is 0 Å². The van der Waals surface area contributed by atoms with Crippen LogP contribution < -0.4 is 73.3 Å². The van der Waals surface area contributed by atoms with Crippen molar-refractivity contribution >= 4 is 7.82 Å². The third-order valence-corrected chi connectivity index (χ3v) is 3.94. The van der Waals surface area contributed by atoms with Crippen molar-refractivity contribution in [3.05, 3.63) is 0 Å². The van der Waals surface area contributed by atoms with E-state index in [1.54, 1.807) is 0 Å². The van der Waals surface area contributed by atoms with Crippen LogP contribution >= 0.6 is 7.82 Å². The molecule has 0 aromatic carbocycles. The summed E-state index contributed by atoms with van der Waals surface area (Å²) < 4.78 is 10.2. The number of halogens is 1. The van der Waals surface area contributed by atoms with Crippen LogP contribution in [0.15, 0.2) is 0 Å². The van der Waals surface area contributed by atoms with Crippen molar-refractivity contribution in [2.24, 2.45) is 0 Å². The summed E-state index contributed by atoms with van der Waals surface area (Å²) in [4.78, 5) is 22.9. The molecule has 0 rings (SSSR count). The van der Waals surface area contributed by atoms with Gasteiger partial charge in [0.25, 0.3) is 7.82 Å². The molecule has 0 amide bonds. The van der Waals surface area contributed by atoms with Crippen LogP contribution in [0.2, 0.25) is 0 Å². The molecule has 0 unspecified atom stereocenters. The Morgan fingerprint density at radius 1 is 0.750 bits per heavy atom. The predicted octanol–water partition coefficient (Wildman–Crippen LogP) is -2.55. The molecule has 2 N–H and O–H groups in total. The van der Waals surface area contributed by atoms with Crippen LogP contribution in [0.4, 0.5) is 0 Å². The van der Waals surface area contributed by atoms with E-state index >= 15 is 0 Å². The largest absolute Gasteiger partial charge is 1.00 e. The molecule has 0 heterocycles. The van der Waals surface area contributed by atoms with Gasteiger partial charge >= 0.3 is 51.4 Å². The molecule has 0 saturated carbocycles. The Hall–Kier alpha value is 2.19. The van der Waals surface area contributed by atoms with E-state index in [0.717, 1.165) is 0 Å². The maximum absolute atomic E-state index is 8.77. The minimum Gasteiger partial charge on any atom is -1.00 e. The molecule has 0 radical (unpaired) electrons. The summed E-state index contributed by atoms with van der Waals surface area (Å²) in [5.41, 5.74) is 0. The van der Waals surface area contributed by atoms with Gasteiger partial charge in [-0.3, -0.25) is 4.57 Å². The molecule has 24 heavy (non-hydrogen) atoms. The zero-order valence-electron chi connectivity index (χ0n) is 16.5. The molecule has 5 nitrogen and oxygen atoms in total. The van der Waals surface area contributed by atoms with E-state index in [0.29, 0.717) is 0 Å². The van der Waals surface area contributed by atoms with E-state index in [4.69, 9.17) is 19.2 Å². The number of quaternary nitrogens is 1. The molecule has 0 aromatic heterocycles. The van der Waals surface area contributed by atoms with Crippen LogP contribution in [0, 0.1) is 0 Å². The van der Waals surface area contributed by atoms with Crippen molar-refractivity contribution < 1.29 is 92.1 Å². The number of unbranched alkanes of at least 4 members (excludes halogenated alkanes) is 4. The molecule has 8 heteroatoms. The van der Waals surface area contributed by atoms with E-state index in [9.17, 15) is 0 Å². The van der Waals surface area contributed by atoms with Gasteiger partial charge in [0.2, 0.25) is 0 Å². The van der Waals surface area contributed by atoms with E-state index in [2.05, 4.69) is 27.7 Å². The first-order chi connectivity index (χ1) is 10.2. The quantitative estimate of drug-likeness (QED) is 0.192. The van der Waals surface area contributed by atoms with E-state index in [1.165, 1.54) is 82.0 Å². The molecule has 0 spiro atoms. The van der Waals surface area contributed by atoms with Crippen LogP contribution in [-0.2, 0) is 4.57 Å². The Morgan fingerprint density at radius 2 is 0.917 bits per heavy atom. The van der Waals surface area contributed by atoms with Gasteiger partial charge in [-0.1, -0.05) is 53.4 Å². The Morgan fingerprint density at radius 3 is 1.04 bits per heavy atom. The topological polar surface area (TPSA) is 80.6 Å². The molecule has 0 aromatic rings. The Kier molecular flexibility index (Phi) is 30.2. The fraction of sp³-hybridized carbons (Fsp3) is 1.00. The van der Waals surface area contributed by atoms with E-state index < -0.39 is 7.82 Å². The van der Waals surface area contributed by atoms with Gasteiger partial charge in [0.15, 0.2) is 0 Å². The second-order valence-corrected chi connectivity index (χ2v) is 7.12. The smallest absolute Gasteiger partial charge is 1.00 e. The van der Waals surface area contributed by atoms with Crippen molar-refractivity contribution in [3.63, 3.8) is 0 Å². The van der Waals surface area contributed by atoms with Crippen molar-refractivity contribution in [3.8, 4) is 0 Å². The van der Waals surface area contributed by atoms with Crippen molar-refractivity contribution in [2.45, 2.75) is 79.1 Å². The fourth-order valence-corrected chi connectivity index (χ4v) is 2.64. The minimum absolute atomic E-state index is 0. The molecule has 0 fully saturated rings. The minimum atomic E-state index is -4.89. The predicted molar refractivity (Wildman–Crippen MR) is 91.4 cm³/mol. The average Bonchev–Trinajstić information content (AvgIpc) is 2.44. The molecule has 0 atom stereocenters. The summed E-state index contributed by atoms with van der Waals surface area (Å²) in [5.74, 6) is 0. The molecule has 0 bridgehead atoms. The second-order valence-electron chi connectivity index (χ2n) is 6.14. The number of rotatable bonds is 12. The van der Waals surface area contributed by atoms with Crippen LogP contribution in [0.3, 0.4) is 0 Å². The zero-order valence-corrected chi connectivity index (χ0v) is 22.1. The van der Waals surface area contributed by atoms with Gasteiger partial charge in [0, 0.05) is 0 Å². The first-order valence-corrected chi connectivity index (χ1v) is 10.4. The maximum atomic E-state index is 8.77. The first-order valence-electron chi connectivity index (χ1n) is 8.86. The van der Waals surface area contributed by atoms with Gasteiger partial charge in [0.05, 0.1) is 26.2 Å². The van der Waals surface area contributed by atoms with Crippen LogP contribution in [0.5, 0.6) is 0 Å². The Labute approximate surface area is 203 Å². The SMILES string of the molecule is CCCC[N+](CCCC)(CCCC)CCCC.O=P([O-])(O)O.[Br-].[K+]. The summed E-state index contributed by atoms with van der Waals surface area (Å²) in [6, 6.07) is 0. The van der Waals surface area contributed by atoms with Gasteiger partial charge in [-0.25, -0.2) is 0 Å². The normalized spacial score (nSPS) is 11.0. The standard InChI is InChI=1S/C16H36N.BrH.K.H3O4P/c1-5-9-13-17(14-10-6-2,15-11-7-3)16-12-8-4;;;1-5(2,3)4/h5-16H2,1-4H3;1H;;(H3,1,2,3,4)/q+1;;+1;/p-2. The molecular weight excluding hydrogens is 420 g/mol. The van der Waals surface area contributed by atoms with E-state index in [-0.39, 0.29) is 68.4 Å². The number of phosphoric acid groups is 1. The number of nitrogens with zero attached hydrogens (tertiary/aromatic N) is 1. The van der Waals surface area contributed by atoms with Gasteiger partial charge in [-0.2, -0.15) is 0 Å². The number of hydrogen-bond donors (Lipinski definition) is 2. The fourth-order valence-electron chi connectivity index (χ4n) is 2.64. The van der Waals surface area contributed by atoms with E-state index in [1.807, 2.05) is 0 Å². The summed E-state index contributed by atoms with van der Waals surface area (Å²) >= 11 is 0. The average molecular weight is 458 g/mol. The Balaban J connectivity index is -0.000000250. The molecule has 0 saturated heterocycles. The molecule has 0 aliphatic rings. The molecule has 0 aliphatic carbocycles. The molecule has 0 aliphatic heterocycles. The van der Waals surface area contributed by atoms with Crippen LogP contribution in [-0.4, -0.2) is 40.4 Å². The van der Waals surface area contributed by atoms with Crippen LogP contribution in [0.1, 0.15) is 79.1 Å². The summed E-state index contributed by atoms with van der Waals surface area (Å²) in [5, 5.41) is 0. The second kappa shape index (κ2) is 21.5. The number of hydrogen-bond acceptors (Lipinski definition) is 2. The maximum Gasteiger partial charge on any atom is 1.00 e. The Bertz CT molecular complexity index is 247. The van der Waals surface area contributed by atoms with Crippen LogP contribution in [0.25, 0.3) is 0 Å². The molecular formula is C16H38BrKNO4P. The van der Waals surface area contributed by atoms with Gasteiger partial charge in [0.1, 0.15) is 0 Å². The monoisotopic (exact) mass is 457 g/mol. The first kappa shape index (κ1) is 33.7. The van der Waals surface area contributed by atoms with Gasteiger partial charge in [-0.15, -0.1) is 0 Å². The van der Waals surface area contributed by atoms with Gasteiger partial charge < -0.3 is 36.1 Å². The zero-order chi connectivity index (χ0) is 17.5. The summed E-state index contributed by atoms with van der Waals surface area (Å²) in [6.45, 7) is 15.0. The van der Waals surface area contributed by atoms with Gasteiger partial charge in [-0.05, 0) is 25.7 Å². The third-order valence-electron chi connectivity index (χ3n) is 3.94. The summed E-state index contributed by atoms with van der Waals surface area (Å²) in [6.07, 6.45) is 11.1.